The van der Waals surface area contributed by atoms with Crippen LogP contribution in [-0.4, -0.2) is 31.6 Å². The quantitative estimate of drug-likeness (QED) is 0.501. The van der Waals surface area contributed by atoms with E-state index in [-0.39, 0.29) is 18.0 Å². The molecular weight excluding hydrogens is 406 g/mol. The topological polar surface area (TPSA) is 112 Å². The Hall–Kier alpha value is -2.05. The van der Waals surface area contributed by atoms with Crippen LogP contribution >= 0.6 is 22.7 Å². The van der Waals surface area contributed by atoms with Crippen molar-refractivity contribution in [2.75, 3.05) is 16.3 Å². The van der Waals surface area contributed by atoms with Crippen LogP contribution in [0.15, 0.2) is 35.7 Å². The van der Waals surface area contributed by atoms with Gasteiger partial charge in [-0.3, -0.25) is 9.52 Å². The summed E-state index contributed by atoms with van der Waals surface area (Å²) in [7, 11) is -3.38. The van der Waals surface area contributed by atoms with E-state index in [2.05, 4.69) is 25.9 Å². The van der Waals surface area contributed by atoms with E-state index in [1.165, 1.54) is 16.2 Å². The van der Waals surface area contributed by atoms with Crippen LogP contribution in [0.25, 0.3) is 10.2 Å². The third-order valence-corrected chi connectivity index (χ3v) is 6.65. The lowest BCUT2D eigenvalue weighted by Gasteiger charge is -2.10. The van der Waals surface area contributed by atoms with Crippen molar-refractivity contribution in [2.45, 2.75) is 18.5 Å². The van der Waals surface area contributed by atoms with Crippen molar-refractivity contribution in [1.82, 2.24) is 15.8 Å². The van der Waals surface area contributed by atoms with Gasteiger partial charge in [0.1, 0.15) is 6.04 Å². The fourth-order valence-electron chi connectivity index (χ4n) is 2.84. The summed E-state index contributed by atoms with van der Waals surface area (Å²) in [6.07, 6.45) is 1.74. The van der Waals surface area contributed by atoms with Crippen LogP contribution < -0.4 is 20.9 Å². The van der Waals surface area contributed by atoms with E-state index in [1.54, 1.807) is 29.5 Å². The summed E-state index contributed by atoms with van der Waals surface area (Å²) in [6, 6.07) is 9.12. The van der Waals surface area contributed by atoms with Crippen molar-refractivity contribution >= 4 is 59.6 Å². The predicted molar refractivity (Wildman–Crippen MR) is 108 cm³/mol. The monoisotopic (exact) mass is 423 g/mol. The second-order valence-electron chi connectivity index (χ2n) is 6.21. The van der Waals surface area contributed by atoms with Crippen LogP contribution in [0.3, 0.4) is 0 Å². The van der Waals surface area contributed by atoms with E-state index < -0.39 is 10.0 Å². The highest BCUT2D eigenvalue weighted by atomic mass is 32.2. The molecular formula is C16H17N5O3S3. The predicted octanol–water partition coefficient (Wildman–Crippen LogP) is 2.28. The first-order chi connectivity index (χ1) is 12.9. The van der Waals surface area contributed by atoms with Crippen LogP contribution in [0, 0.1) is 0 Å². The Labute approximate surface area is 164 Å². The number of nitrogens with zero attached hydrogens (tertiary/aromatic N) is 1. The first-order valence-electron chi connectivity index (χ1n) is 8.11. The van der Waals surface area contributed by atoms with Crippen LogP contribution in [0.2, 0.25) is 0 Å². The SMILES string of the molecule is CS(=O)(=O)Nc1nc2ccc(NC(=O)C3CC(c4cccs4)NN3)cc2s1. The first kappa shape index (κ1) is 18.3. The van der Waals surface area contributed by atoms with Crippen LogP contribution in [0.4, 0.5) is 10.8 Å². The Morgan fingerprint density at radius 3 is 2.89 bits per heavy atom. The molecule has 1 fully saturated rings. The van der Waals surface area contributed by atoms with Gasteiger partial charge in [0, 0.05) is 10.6 Å². The van der Waals surface area contributed by atoms with Crippen molar-refractivity contribution in [3.8, 4) is 0 Å². The molecule has 8 nitrogen and oxygen atoms in total. The number of carbonyl (C=O) groups is 1. The van der Waals surface area contributed by atoms with E-state index in [9.17, 15) is 13.2 Å². The van der Waals surface area contributed by atoms with Gasteiger partial charge in [-0.2, -0.15) is 0 Å². The molecule has 4 rings (SSSR count). The Balaban J connectivity index is 1.44. The molecule has 0 spiro atoms. The highest BCUT2D eigenvalue weighted by molar-refractivity contribution is 7.92. The first-order valence-corrected chi connectivity index (χ1v) is 11.7. The number of aromatic nitrogens is 1. The summed E-state index contributed by atoms with van der Waals surface area (Å²) in [5.41, 5.74) is 7.51. The number of nitrogens with one attached hydrogen (secondary N) is 4. The number of anilines is 2. The molecule has 1 aromatic carbocycles. The number of thiophene rings is 1. The van der Waals surface area contributed by atoms with Gasteiger partial charge >= 0.3 is 0 Å². The number of carbonyl (C=O) groups excluding carboxylic acids is 1. The molecule has 27 heavy (non-hydrogen) atoms. The number of sulfonamides is 1. The Bertz CT molecular complexity index is 1080. The number of fused-ring (bicyclic) bond motifs is 1. The minimum atomic E-state index is -3.38. The third kappa shape index (κ3) is 4.28. The normalized spacial score (nSPS) is 20.0. The number of thiazole rings is 1. The number of hydrogen-bond acceptors (Lipinski definition) is 8. The maximum absolute atomic E-state index is 12.5. The van der Waals surface area contributed by atoms with Crippen molar-refractivity contribution in [3.63, 3.8) is 0 Å². The minimum Gasteiger partial charge on any atom is -0.325 e. The van der Waals surface area contributed by atoms with Gasteiger partial charge in [-0.15, -0.1) is 11.3 Å². The average Bonchev–Trinajstić information content (AvgIpc) is 3.32. The number of benzene rings is 1. The van der Waals surface area contributed by atoms with Gasteiger partial charge in [-0.25, -0.2) is 24.3 Å². The van der Waals surface area contributed by atoms with E-state index >= 15 is 0 Å². The molecule has 3 heterocycles. The molecule has 0 aliphatic carbocycles. The molecule has 1 aliphatic heterocycles. The summed E-state index contributed by atoms with van der Waals surface area (Å²) in [6.45, 7) is 0. The van der Waals surface area contributed by atoms with Crippen LogP contribution in [-0.2, 0) is 14.8 Å². The molecule has 1 amide bonds. The van der Waals surface area contributed by atoms with Gasteiger partial charge in [-0.1, -0.05) is 17.4 Å². The maximum atomic E-state index is 12.5. The maximum Gasteiger partial charge on any atom is 0.242 e. The van der Waals surface area contributed by atoms with Gasteiger partial charge in [0.25, 0.3) is 0 Å². The van der Waals surface area contributed by atoms with E-state index in [0.717, 1.165) is 11.0 Å². The third-order valence-electron chi connectivity index (χ3n) is 4.03. The molecule has 0 saturated carbocycles. The Morgan fingerprint density at radius 2 is 2.15 bits per heavy atom. The number of rotatable bonds is 5. The highest BCUT2D eigenvalue weighted by Gasteiger charge is 2.30. The minimum absolute atomic E-state index is 0.120. The van der Waals surface area contributed by atoms with Gasteiger partial charge in [-0.05, 0) is 36.1 Å². The molecule has 0 bridgehead atoms. The average molecular weight is 424 g/mol. The zero-order valence-electron chi connectivity index (χ0n) is 14.2. The van der Waals surface area contributed by atoms with Gasteiger partial charge in [0.15, 0.2) is 5.13 Å². The van der Waals surface area contributed by atoms with Crippen molar-refractivity contribution in [3.05, 3.63) is 40.6 Å². The largest absolute Gasteiger partial charge is 0.325 e. The van der Waals surface area contributed by atoms with Gasteiger partial charge < -0.3 is 5.32 Å². The summed E-state index contributed by atoms with van der Waals surface area (Å²) in [5.74, 6) is -0.125. The number of hydrazine groups is 1. The molecule has 11 heteroatoms. The zero-order valence-corrected chi connectivity index (χ0v) is 16.7. The van der Waals surface area contributed by atoms with Crippen LogP contribution in [0.1, 0.15) is 17.3 Å². The summed E-state index contributed by atoms with van der Waals surface area (Å²) < 4.78 is 25.8. The highest BCUT2D eigenvalue weighted by Crippen LogP contribution is 2.30. The fraction of sp³-hybridized carbons (Fsp3) is 0.250. The molecule has 2 aromatic heterocycles. The molecule has 3 aromatic rings. The van der Waals surface area contributed by atoms with Crippen molar-refractivity contribution < 1.29 is 13.2 Å². The van der Waals surface area contributed by atoms with E-state index in [0.29, 0.717) is 22.8 Å². The second kappa shape index (κ2) is 7.17. The van der Waals surface area contributed by atoms with E-state index in [4.69, 9.17) is 0 Å². The molecule has 2 unspecified atom stereocenters. The molecule has 4 N–H and O–H groups in total. The Kier molecular flexibility index (Phi) is 4.86. The fourth-order valence-corrected chi connectivity index (χ4v) is 5.37. The van der Waals surface area contributed by atoms with Crippen molar-refractivity contribution in [1.29, 1.82) is 0 Å². The summed E-state index contributed by atoms with van der Waals surface area (Å²) in [4.78, 5) is 18.0. The van der Waals surface area contributed by atoms with Crippen LogP contribution in [0.5, 0.6) is 0 Å². The standard InChI is InChI=1S/C16H17N5O3S3/c1-27(23,24)21-16-18-10-5-4-9(7-14(10)26-16)17-15(22)12-8-11(19-20-12)13-3-2-6-25-13/h2-7,11-12,19-20H,8H2,1H3,(H,17,22)(H,18,21). The molecule has 1 aliphatic rings. The number of hydrogen-bond donors (Lipinski definition) is 4. The number of amides is 1. The smallest absolute Gasteiger partial charge is 0.242 e. The molecule has 142 valence electrons. The van der Waals surface area contributed by atoms with E-state index in [1.807, 2.05) is 17.5 Å². The molecule has 2 atom stereocenters. The molecule has 0 radical (unpaired) electrons. The van der Waals surface area contributed by atoms with Crippen molar-refractivity contribution in [2.24, 2.45) is 0 Å². The lowest BCUT2D eigenvalue weighted by molar-refractivity contribution is -0.117. The second-order valence-corrected chi connectivity index (χ2v) is 9.97. The summed E-state index contributed by atoms with van der Waals surface area (Å²) in [5, 5.41) is 5.22. The lowest BCUT2D eigenvalue weighted by atomic mass is 10.1. The van der Waals surface area contributed by atoms with Gasteiger partial charge in [0.05, 0.1) is 22.5 Å². The molecule has 1 saturated heterocycles. The zero-order chi connectivity index (χ0) is 19.0. The lowest BCUT2D eigenvalue weighted by Crippen LogP contribution is -2.39. The summed E-state index contributed by atoms with van der Waals surface area (Å²) >= 11 is 2.87. The Morgan fingerprint density at radius 1 is 1.30 bits per heavy atom. The van der Waals surface area contributed by atoms with Gasteiger partial charge in [0.2, 0.25) is 15.9 Å².